The molecule has 0 saturated carbocycles. The van der Waals surface area contributed by atoms with Gasteiger partial charge in [-0.1, -0.05) is 78.9 Å². The van der Waals surface area contributed by atoms with Crippen LogP contribution in [0.3, 0.4) is 0 Å². The van der Waals surface area contributed by atoms with Crippen molar-refractivity contribution in [1.29, 1.82) is 0 Å². The van der Waals surface area contributed by atoms with Crippen molar-refractivity contribution in [3.8, 4) is 0 Å². The molecular formula is C31H30N2O5. The highest BCUT2D eigenvalue weighted by Crippen LogP contribution is 2.30. The molecule has 0 radical (unpaired) electrons. The van der Waals surface area contributed by atoms with E-state index in [4.69, 9.17) is 9.47 Å². The van der Waals surface area contributed by atoms with Crippen molar-refractivity contribution in [3.63, 3.8) is 0 Å². The topological polar surface area (TPSA) is 84.9 Å². The molecule has 2 atom stereocenters. The van der Waals surface area contributed by atoms with Gasteiger partial charge in [-0.15, -0.1) is 0 Å². The molecule has 0 unspecified atom stereocenters. The Balaban J connectivity index is 1.36. The first kappa shape index (κ1) is 25.3. The Kier molecular flexibility index (Phi) is 7.54. The fourth-order valence-electron chi connectivity index (χ4n) is 5.20. The average Bonchev–Trinajstić information content (AvgIpc) is 3.46. The van der Waals surface area contributed by atoms with Gasteiger partial charge in [0.15, 0.2) is 0 Å². The summed E-state index contributed by atoms with van der Waals surface area (Å²) in [5.41, 5.74) is 1.83. The molecule has 7 heteroatoms. The molecule has 38 heavy (non-hydrogen) atoms. The molecule has 1 aliphatic rings. The summed E-state index contributed by atoms with van der Waals surface area (Å²) in [6, 6.07) is 25.9. The highest BCUT2D eigenvalue weighted by Gasteiger charge is 2.37. The van der Waals surface area contributed by atoms with Gasteiger partial charge in [-0.3, -0.25) is 9.69 Å². The van der Waals surface area contributed by atoms with E-state index in [1.54, 1.807) is 0 Å². The third kappa shape index (κ3) is 5.32. The lowest BCUT2D eigenvalue weighted by atomic mass is 9.92. The van der Waals surface area contributed by atoms with Crippen LogP contribution in [-0.4, -0.2) is 48.6 Å². The van der Waals surface area contributed by atoms with Crippen LogP contribution in [0.2, 0.25) is 0 Å². The van der Waals surface area contributed by atoms with Gasteiger partial charge >= 0.3 is 12.1 Å². The summed E-state index contributed by atoms with van der Waals surface area (Å²) in [7, 11) is 1.31. The number of carbonyl (C=O) groups excluding carboxylic acids is 3. The van der Waals surface area contributed by atoms with Crippen LogP contribution in [0.5, 0.6) is 0 Å². The number of likely N-dealkylation sites (tertiary alicyclic amines) is 1. The zero-order chi connectivity index (χ0) is 26.5. The van der Waals surface area contributed by atoms with E-state index < -0.39 is 24.1 Å². The lowest BCUT2D eigenvalue weighted by Gasteiger charge is -2.26. The van der Waals surface area contributed by atoms with E-state index in [0.717, 1.165) is 32.7 Å². The van der Waals surface area contributed by atoms with Crippen molar-refractivity contribution in [1.82, 2.24) is 10.2 Å². The summed E-state index contributed by atoms with van der Waals surface area (Å²) >= 11 is 0. The van der Waals surface area contributed by atoms with Crippen LogP contribution in [0.25, 0.3) is 21.5 Å². The Morgan fingerprint density at radius 2 is 1.55 bits per heavy atom. The number of esters is 1. The SMILES string of the molecule is COC(=O)[C@@H](Cc1c2ccccc2cc2ccccc12)NC(=O)[C@H]1CCCN1C(=O)OCc1ccccc1. The summed E-state index contributed by atoms with van der Waals surface area (Å²) in [5.74, 6) is -0.925. The lowest BCUT2D eigenvalue weighted by Crippen LogP contribution is -2.51. The van der Waals surface area contributed by atoms with Gasteiger partial charge in [-0.2, -0.15) is 0 Å². The first-order valence-corrected chi connectivity index (χ1v) is 12.8. The van der Waals surface area contributed by atoms with E-state index in [9.17, 15) is 14.4 Å². The molecule has 4 aromatic carbocycles. The molecule has 0 aliphatic carbocycles. The van der Waals surface area contributed by atoms with E-state index in [1.807, 2.05) is 78.9 Å². The maximum absolute atomic E-state index is 13.4. The Morgan fingerprint density at radius 3 is 2.21 bits per heavy atom. The van der Waals surface area contributed by atoms with E-state index in [-0.39, 0.29) is 18.9 Å². The molecule has 1 N–H and O–H groups in total. The molecule has 1 heterocycles. The van der Waals surface area contributed by atoms with E-state index >= 15 is 0 Å². The van der Waals surface area contributed by atoms with E-state index in [1.165, 1.54) is 12.0 Å². The number of nitrogens with one attached hydrogen (secondary N) is 1. The Labute approximate surface area is 221 Å². The molecule has 5 rings (SSSR count). The van der Waals surface area contributed by atoms with Crippen molar-refractivity contribution in [2.75, 3.05) is 13.7 Å². The fraction of sp³-hybridized carbons (Fsp3) is 0.258. The van der Waals surface area contributed by atoms with Gasteiger partial charge in [0.2, 0.25) is 5.91 Å². The monoisotopic (exact) mass is 510 g/mol. The second-order valence-electron chi connectivity index (χ2n) is 9.48. The predicted octanol–water partition coefficient (Wildman–Crippen LogP) is 4.99. The molecule has 194 valence electrons. The molecule has 1 saturated heterocycles. The minimum Gasteiger partial charge on any atom is -0.467 e. The Morgan fingerprint density at radius 1 is 0.921 bits per heavy atom. The summed E-state index contributed by atoms with van der Waals surface area (Å²) in [4.78, 5) is 40.6. The molecule has 2 amide bonds. The largest absolute Gasteiger partial charge is 0.467 e. The zero-order valence-electron chi connectivity index (χ0n) is 21.3. The van der Waals surface area contributed by atoms with Gasteiger partial charge in [0, 0.05) is 13.0 Å². The minimum absolute atomic E-state index is 0.128. The van der Waals surface area contributed by atoms with Crippen molar-refractivity contribution in [3.05, 3.63) is 96.1 Å². The Bertz CT molecular complexity index is 1420. The molecule has 1 aliphatic heterocycles. The van der Waals surface area contributed by atoms with E-state index in [2.05, 4.69) is 11.4 Å². The summed E-state index contributed by atoms with van der Waals surface area (Å²) in [5, 5.41) is 7.02. The maximum atomic E-state index is 13.4. The third-order valence-electron chi connectivity index (χ3n) is 7.09. The van der Waals surface area contributed by atoms with Crippen LogP contribution in [0.15, 0.2) is 84.9 Å². The molecule has 0 bridgehead atoms. The van der Waals surface area contributed by atoms with Gasteiger partial charge in [0.25, 0.3) is 0 Å². The van der Waals surface area contributed by atoms with Crippen molar-refractivity contribution < 1.29 is 23.9 Å². The van der Waals surface area contributed by atoms with Gasteiger partial charge in [0.05, 0.1) is 7.11 Å². The lowest BCUT2D eigenvalue weighted by molar-refractivity contribution is -0.145. The van der Waals surface area contributed by atoms with Crippen molar-refractivity contribution >= 4 is 39.5 Å². The standard InChI is InChI=1S/C31H30N2O5/c1-37-30(35)27(19-26-24-14-7-5-12-22(24)18-23-13-6-8-15-25(23)26)32-29(34)28-16-9-17-33(28)31(36)38-20-21-10-3-2-4-11-21/h2-8,10-15,18,27-28H,9,16-17,19-20H2,1H3,(H,32,34)/t27-,28-/m1/s1. The number of hydrogen-bond acceptors (Lipinski definition) is 5. The van der Waals surface area contributed by atoms with Crippen LogP contribution < -0.4 is 5.32 Å². The van der Waals surface area contributed by atoms with Crippen molar-refractivity contribution in [2.24, 2.45) is 0 Å². The fourth-order valence-corrected chi connectivity index (χ4v) is 5.20. The first-order valence-electron chi connectivity index (χ1n) is 12.8. The van der Waals surface area contributed by atoms with Crippen LogP contribution in [0.1, 0.15) is 24.0 Å². The van der Waals surface area contributed by atoms with Crippen molar-refractivity contribution in [2.45, 2.75) is 38.0 Å². The van der Waals surface area contributed by atoms with Gasteiger partial charge in [-0.25, -0.2) is 9.59 Å². The summed E-state index contributed by atoms with van der Waals surface area (Å²) in [6.45, 7) is 0.548. The molecule has 1 fully saturated rings. The number of carbonyl (C=O) groups is 3. The zero-order valence-corrected chi connectivity index (χ0v) is 21.3. The second kappa shape index (κ2) is 11.3. The normalized spacial score (nSPS) is 15.8. The summed E-state index contributed by atoms with van der Waals surface area (Å²) in [6.07, 6.45) is 0.888. The number of benzene rings is 4. The highest BCUT2D eigenvalue weighted by molar-refractivity contribution is 6.03. The van der Waals surface area contributed by atoms with Gasteiger partial charge in [-0.05, 0) is 51.6 Å². The smallest absolute Gasteiger partial charge is 0.410 e. The average molecular weight is 511 g/mol. The molecule has 0 spiro atoms. The number of hydrogen-bond donors (Lipinski definition) is 1. The quantitative estimate of drug-likeness (QED) is 0.280. The molecule has 7 nitrogen and oxygen atoms in total. The second-order valence-corrected chi connectivity index (χ2v) is 9.48. The van der Waals surface area contributed by atoms with Crippen LogP contribution in [-0.2, 0) is 32.1 Å². The van der Waals surface area contributed by atoms with Crippen LogP contribution in [0.4, 0.5) is 4.79 Å². The number of amides is 2. The number of methoxy groups -OCH3 is 1. The molecule has 0 aromatic heterocycles. The number of nitrogens with zero attached hydrogens (tertiary/aromatic N) is 1. The Hall–Kier alpha value is -4.39. The number of rotatable bonds is 7. The van der Waals surface area contributed by atoms with E-state index in [0.29, 0.717) is 19.4 Å². The van der Waals surface area contributed by atoms with Crippen LogP contribution >= 0.6 is 0 Å². The summed E-state index contributed by atoms with van der Waals surface area (Å²) < 4.78 is 10.5. The number of fused-ring (bicyclic) bond motifs is 2. The van der Waals surface area contributed by atoms with Gasteiger partial charge < -0.3 is 14.8 Å². The minimum atomic E-state index is -0.912. The van der Waals surface area contributed by atoms with Gasteiger partial charge in [0.1, 0.15) is 18.7 Å². The number of ether oxygens (including phenoxy) is 2. The maximum Gasteiger partial charge on any atom is 0.410 e. The highest BCUT2D eigenvalue weighted by atomic mass is 16.6. The predicted molar refractivity (Wildman–Crippen MR) is 145 cm³/mol. The first-order chi connectivity index (χ1) is 18.5. The third-order valence-corrected chi connectivity index (χ3v) is 7.09. The molecular weight excluding hydrogens is 480 g/mol. The molecule has 4 aromatic rings. The van der Waals surface area contributed by atoms with Crippen LogP contribution in [0, 0.1) is 0 Å².